The number of morpholine rings is 1. The van der Waals surface area contributed by atoms with Gasteiger partial charge in [-0.25, -0.2) is 0 Å². The third kappa shape index (κ3) is 5.16. The zero-order chi connectivity index (χ0) is 12.5. The highest BCUT2D eigenvalue weighted by atomic mass is 16.5. The molecule has 0 spiro atoms. The van der Waals surface area contributed by atoms with Crippen LogP contribution >= 0.6 is 0 Å². The molecule has 1 amide bonds. The molecule has 5 heteroatoms. The Morgan fingerprint density at radius 2 is 2.24 bits per heavy atom. The highest BCUT2D eigenvalue weighted by molar-refractivity contribution is 5.80. The van der Waals surface area contributed by atoms with E-state index in [0.29, 0.717) is 13.0 Å². The molecule has 1 unspecified atom stereocenters. The number of nitrogens with one attached hydrogen (secondary N) is 1. The molecule has 1 aliphatic heterocycles. The van der Waals surface area contributed by atoms with Crippen LogP contribution < -0.4 is 5.32 Å². The SMILES string of the molecule is CCC(C#N)C(=O)NCCCN1CCOCC1. The number of carbonyl (C=O) groups excluding carboxylic acids is 1. The summed E-state index contributed by atoms with van der Waals surface area (Å²) in [5, 5.41) is 11.5. The molecule has 1 aliphatic rings. The monoisotopic (exact) mass is 239 g/mol. The Morgan fingerprint density at radius 1 is 1.53 bits per heavy atom. The van der Waals surface area contributed by atoms with E-state index in [9.17, 15) is 4.79 Å². The summed E-state index contributed by atoms with van der Waals surface area (Å²) >= 11 is 0. The molecular weight excluding hydrogens is 218 g/mol. The van der Waals surface area contributed by atoms with E-state index in [1.165, 1.54) is 0 Å². The fourth-order valence-corrected chi connectivity index (χ4v) is 1.80. The molecule has 1 rings (SSSR count). The lowest BCUT2D eigenvalue weighted by molar-refractivity contribution is -0.123. The first kappa shape index (κ1) is 13.9. The highest BCUT2D eigenvalue weighted by Crippen LogP contribution is 2.00. The van der Waals surface area contributed by atoms with Crippen molar-refractivity contribution >= 4 is 5.91 Å². The number of ether oxygens (including phenoxy) is 1. The molecule has 1 heterocycles. The molecule has 0 aromatic heterocycles. The lowest BCUT2D eigenvalue weighted by Crippen LogP contribution is -2.38. The number of carbonyl (C=O) groups is 1. The highest BCUT2D eigenvalue weighted by Gasteiger charge is 2.14. The van der Waals surface area contributed by atoms with Crippen LogP contribution in [0.1, 0.15) is 19.8 Å². The molecule has 0 bridgehead atoms. The lowest BCUT2D eigenvalue weighted by Gasteiger charge is -2.26. The molecule has 0 aliphatic carbocycles. The minimum absolute atomic E-state index is 0.142. The summed E-state index contributed by atoms with van der Waals surface area (Å²) in [6.07, 6.45) is 1.50. The van der Waals surface area contributed by atoms with Gasteiger partial charge in [0.15, 0.2) is 0 Å². The van der Waals surface area contributed by atoms with Crippen molar-refractivity contribution in [1.82, 2.24) is 10.2 Å². The van der Waals surface area contributed by atoms with Gasteiger partial charge in [0.25, 0.3) is 0 Å². The summed E-state index contributed by atoms with van der Waals surface area (Å²) in [5.74, 6) is -0.643. The van der Waals surface area contributed by atoms with Crippen molar-refractivity contribution in [3.8, 4) is 6.07 Å². The van der Waals surface area contributed by atoms with E-state index >= 15 is 0 Å². The topological polar surface area (TPSA) is 65.4 Å². The van der Waals surface area contributed by atoms with Gasteiger partial charge in [0, 0.05) is 19.6 Å². The Hall–Kier alpha value is -1.12. The van der Waals surface area contributed by atoms with E-state index in [2.05, 4.69) is 10.2 Å². The van der Waals surface area contributed by atoms with Crippen molar-refractivity contribution in [1.29, 1.82) is 5.26 Å². The molecule has 5 nitrogen and oxygen atoms in total. The molecule has 17 heavy (non-hydrogen) atoms. The average Bonchev–Trinajstić information content (AvgIpc) is 2.37. The molecule has 1 atom stereocenters. The summed E-state index contributed by atoms with van der Waals surface area (Å²) in [6.45, 7) is 7.04. The van der Waals surface area contributed by atoms with Crippen LogP contribution in [0.5, 0.6) is 0 Å². The second kappa shape index (κ2) is 8.04. The Morgan fingerprint density at radius 3 is 2.82 bits per heavy atom. The van der Waals surface area contributed by atoms with Crippen LogP contribution in [0.15, 0.2) is 0 Å². The van der Waals surface area contributed by atoms with Gasteiger partial charge in [0.2, 0.25) is 5.91 Å². The van der Waals surface area contributed by atoms with Gasteiger partial charge in [-0.3, -0.25) is 9.69 Å². The Labute approximate surface area is 103 Å². The van der Waals surface area contributed by atoms with Crippen molar-refractivity contribution < 1.29 is 9.53 Å². The van der Waals surface area contributed by atoms with Crippen molar-refractivity contribution in [3.05, 3.63) is 0 Å². The molecule has 0 aromatic carbocycles. The summed E-state index contributed by atoms with van der Waals surface area (Å²) in [6, 6.07) is 2.00. The van der Waals surface area contributed by atoms with Gasteiger partial charge in [-0.2, -0.15) is 5.26 Å². The number of nitriles is 1. The van der Waals surface area contributed by atoms with Crippen LogP contribution in [-0.4, -0.2) is 50.2 Å². The first-order valence-electron chi connectivity index (χ1n) is 6.25. The van der Waals surface area contributed by atoms with Gasteiger partial charge in [-0.15, -0.1) is 0 Å². The second-order valence-electron chi connectivity index (χ2n) is 4.19. The molecule has 0 radical (unpaired) electrons. The molecular formula is C12H21N3O2. The first-order chi connectivity index (χ1) is 8.27. The maximum Gasteiger partial charge on any atom is 0.237 e. The second-order valence-corrected chi connectivity index (χ2v) is 4.19. The largest absolute Gasteiger partial charge is 0.379 e. The van der Waals surface area contributed by atoms with Gasteiger partial charge in [-0.05, 0) is 19.4 Å². The zero-order valence-corrected chi connectivity index (χ0v) is 10.4. The van der Waals surface area contributed by atoms with Crippen LogP contribution in [0.3, 0.4) is 0 Å². The number of hydrogen-bond acceptors (Lipinski definition) is 4. The lowest BCUT2D eigenvalue weighted by atomic mass is 10.1. The third-order valence-electron chi connectivity index (χ3n) is 2.93. The molecule has 0 saturated carbocycles. The van der Waals surface area contributed by atoms with Crippen LogP contribution in [-0.2, 0) is 9.53 Å². The smallest absolute Gasteiger partial charge is 0.237 e. The van der Waals surface area contributed by atoms with E-state index in [1.807, 2.05) is 13.0 Å². The van der Waals surface area contributed by atoms with Gasteiger partial charge < -0.3 is 10.1 Å². The number of hydrogen-bond donors (Lipinski definition) is 1. The van der Waals surface area contributed by atoms with Crippen molar-refractivity contribution in [2.24, 2.45) is 5.92 Å². The van der Waals surface area contributed by atoms with Crippen molar-refractivity contribution in [2.75, 3.05) is 39.4 Å². The summed E-state index contributed by atoms with van der Waals surface area (Å²) < 4.78 is 5.26. The van der Waals surface area contributed by atoms with Crippen LogP contribution in [0.4, 0.5) is 0 Å². The predicted molar refractivity (Wildman–Crippen MR) is 64.3 cm³/mol. The normalized spacial score (nSPS) is 18.4. The molecule has 1 saturated heterocycles. The van der Waals surface area contributed by atoms with Crippen molar-refractivity contribution in [2.45, 2.75) is 19.8 Å². The number of nitrogens with zero attached hydrogens (tertiary/aromatic N) is 2. The first-order valence-corrected chi connectivity index (χ1v) is 6.25. The summed E-state index contributed by atoms with van der Waals surface area (Å²) in [4.78, 5) is 13.8. The quantitative estimate of drug-likeness (QED) is 0.680. The summed E-state index contributed by atoms with van der Waals surface area (Å²) in [5.41, 5.74) is 0. The molecule has 1 fully saturated rings. The van der Waals surface area contributed by atoms with Crippen molar-refractivity contribution in [3.63, 3.8) is 0 Å². The van der Waals surface area contributed by atoms with Gasteiger partial charge in [-0.1, -0.05) is 6.92 Å². The van der Waals surface area contributed by atoms with E-state index in [1.54, 1.807) is 0 Å². The predicted octanol–water partition coefficient (Wildman–Crippen LogP) is 0.375. The molecule has 96 valence electrons. The van der Waals surface area contributed by atoms with Crippen LogP contribution in [0.25, 0.3) is 0 Å². The van der Waals surface area contributed by atoms with Crippen LogP contribution in [0, 0.1) is 17.2 Å². The summed E-state index contributed by atoms with van der Waals surface area (Å²) in [7, 11) is 0. The zero-order valence-electron chi connectivity index (χ0n) is 10.4. The standard InChI is InChI=1S/C12H21N3O2/c1-2-11(10-13)12(16)14-4-3-5-15-6-8-17-9-7-15/h11H,2-9H2,1H3,(H,14,16). The van der Waals surface area contributed by atoms with Gasteiger partial charge >= 0.3 is 0 Å². The Bertz CT molecular complexity index is 269. The third-order valence-corrected chi connectivity index (χ3v) is 2.93. The fourth-order valence-electron chi connectivity index (χ4n) is 1.80. The minimum atomic E-state index is -0.501. The molecule has 0 aromatic rings. The van der Waals surface area contributed by atoms with Gasteiger partial charge in [0.05, 0.1) is 19.3 Å². The minimum Gasteiger partial charge on any atom is -0.379 e. The number of amides is 1. The number of rotatable bonds is 6. The fraction of sp³-hybridized carbons (Fsp3) is 0.833. The van der Waals surface area contributed by atoms with E-state index in [4.69, 9.17) is 10.00 Å². The maximum atomic E-state index is 11.5. The van der Waals surface area contributed by atoms with E-state index in [-0.39, 0.29) is 5.91 Å². The maximum absolute atomic E-state index is 11.5. The van der Waals surface area contributed by atoms with E-state index < -0.39 is 5.92 Å². The average molecular weight is 239 g/mol. The Balaban J connectivity index is 2.07. The Kier molecular flexibility index (Phi) is 6.60. The molecule has 1 N–H and O–H groups in total. The van der Waals surface area contributed by atoms with Crippen LogP contribution in [0.2, 0.25) is 0 Å². The van der Waals surface area contributed by atoms with E-state index in [0.717, 1.165) is 39.3 Å². The van der Waals surface area contributed by atoms with Gasteiger partial charge in [0.1, 0.15) is 5.92 Å².